The summed E-state index contributed by atoms with van der Waals surface area (Å²) in [6, 6.07) is 4.47. The van der Waals surface area contributed by atoms with Gasteiger partial charge in [-0.2, -0.15) is 8.78 Å². The Morgan fingerprint density at radius 3 is 2.58 bits per heavy atom. The summed E-state index contributed by atoms with van der Waals surface area (Å²) < 4.78 is 63.9. The SMILES string of the molecule is [2H]C([2H])([2H])Oc1c(OC(F)F)cc2c(c1OC)-c1ccc(C(=O)NC)c(=O)cc1[C@@H](NC(C)=O)CC2. The molecule has 0 aliphatic heterocycles. The molecule has 2 aromatic carbocycles. The zero-order valence-corrected chi connectivity index (χ0v) is 18.1. The predicted molar refractivity (Wildman–Crippen MR) is 116 cm³/mol. The molecule has 2 aromatic rings. The molecule has 1 aliphatic carbocycles. The average Bonchev–Trinajstić information content (AvgIpc) is 3.01. The Kier molecular flexibility index (Phi) is 5.95. The first-order valence-corrected chi connectivity index (χ1v) is 9.91. The summed E-state index contributed by atoms with van der Waals surface area (Å²) in [6.07, 6.45) is 0.453. The maximum absolute atomic E-state index is 13.2. The number of carbonyl (C=O) groups is 2. The van der Waals surface area contributed by atoms with Gasteiger partial charge in [-0.05, 0) is 47.7 Å². The first-order valence-electron chi connectivity index (χ1n) is 11.4. The van der Waals surface area contributed by atoms with E-state index in [1.807, 2.05) is 0 Å². The number of ether oxygens (including phenoxy) is 3. The fraction of sp³-hybridized carbons (Fsp3) is 0.348. The monoisotopic (exact) mass is 465 g/mol. The van der Waals surface area contributed by atoms with Gasteiger partial charge < -0.3 is 24.8 Å². The molecule has 0 heterocycles. The van der Waals surface area contributed by atoms with Crippen LogP contribution in [0.15, 0.2) is 29.1 Å². The zero-order chi connectivity index (χ0) is 26.8. The summed E-state index contributed by atoms with van der Waals surface area (Å²) in [7, 11) is -0.479. The van der Waals surface area contributed by atoms with Crippen molar-refractivity contribution >= 4 is 11.8 Å². The molecule has 0 spiro atoms. The number of aryl methyl sites for hydroxylation is 1. The van der Waals surface area contributed by atoms with E-state index in [0.29, 0.717) is 16.7 Å². The van der Waals surface area contributed by atoms with Gasteiger partial charge >= 0.3 is 6.61 Å². The minimum atomic E-state index is -3.28. The number of methoxy groups -OCH3 is 2. The maximum Gasteiger partial charge on any atom is 0.387 e. The van der Waals surface area contributed by atoms with Crippen LogP contribution >= 0.6 is 0 Å². The lowest BCUT2D eigenvalue weighted by Gasteiger charge is -2.20. The number of halogens is 2. The third-order valence-electron chi connectivity index (χ3n) is 5.28. The van der Waals surface area contributed by atoms with Gasteiger partial charge in [0, 0.05) is 19.5 Å². The van der Waals surface area contributed by atoms with Crippen LogP contribution in [0, 0.1) is 0 Å². The smallest absolute Gasteiger partial charge is 0.387 e. The van der Waals surface area contributed by atoms with Crippen molar-refractivity contribution in [2.24, 2.45) is 0 Å². The van der Waals surface area contributed by atoms with E-state index in [-0.39, 0.29) is 35.6 Å². The van der Waals surface area contributed by atoms with Gasteiger partial charge in [0.05, 0.1) is 29.9 Å². The van der Waals surface area contributed by atoms with E-state index < -0.39 is 42.5 Å². The molecule has 0 fully saturated rings. The standard InChI is InChI=1S/C23H24F2N2O6/c1-11(28)27-16-8-5-12-9-18(33-23(24)25)20(31-3)21(32-4)19(12)13-6-7-14(22(30)26-2)17(29)10-15(13)16/h6-7,9-10,16,23H,5,8H2,1-4H3,(H,26,30)(H,27,28)/t16-/m0/s1/i3D3. The second kappa shape index (κ2) is 9.85. The second-order valence-electron chi connectivity index (χ2n) is 7.25. The summed E-state index contributed by atoms with van der Waals surface area (Å²) in [4.78, 5) is 37.1. The van der Waals surface area contributed by atoms with Crippen molar-refractivity contribution in [1.29, 1.82) is 0 Å². The minimum absolute atomic E-state index is 0.177. The molecule has 0 bridgehead atoms. The molecule has 1 atom stereocenters. The molecule has 0 aromatic heterocycles. The van der Waals surface area contributed by atoms with Crippen molar-refractivity contribution in [3.63, 3.8) is 0 Å². The lowest BCUT2D eigenvalue weighted by atomic mass is 9.95. The van der Waals surface area contributed by atoms with Crippen LogP contribution in [0.5, 0.6) is 17.2 Å². The average molecular weight is 465 g/mol. The van der Waals surface area contributed by atoms with Crippen molar-refractivity contribution in [1.82, 2.24) is 10.6 Å². The van der Waals surface area contributed by atoms with Gasteiger partial charge in [0.15, 0.2) is 16.9 Å². The van der Waals surface area contributed by atoms with E-state index in [9.17, 15) is 23.2 Å². The number of hydrogen-bond donors (Lipinski definition) is 2. The fourth-order valence-electron chi connectivity index (χ4n) is 3.97. The highest BCUT2D eigenvalue weighted by Crippen LogP contribution is 2.50. The van der Waals surface area contributed by atoms with Crippen LogP contribution in [-0.2, 0) is 11.2 Å². The first-order chi connectivity index (χ1) is 16.9. The Balaban J connectivity index is 2.44. The van der Waals surface area contributed by atoms with Gasteiger partial charge in [0.1, 0.15) is 0 Å². The Hall–Kier alpha value is -3.69. The van der Waals surface area contributed by atoms with Crippen LogP contribution in [0.4, 0.5) is 8.78 Å². The van der Waals surface area contributed by atoms with Crippen molar-refractivity contribution in [2.75, 3.05) is 21.2 Å². The van der Waals surface area contributed by atoms with Gasteiger partial charge in [0.2, 0.25) is 11.7 Å². The van der Waals surface area contributed by atoms with Gasteiger partial charge in [-0.3, -0.25) is 14.4 Å². The fourth-order valence-corrected chi connectivity index (χ4v) is 3.97. The highest BCUT2D eigenvalue weighted by Gasteiger charge is 2.30. The maximum atomic E-state index is 13.2. The Labute approximate surface area is 193 Å². The van der Waals surface area contributed by atoms with Gasteiger partial charge in [0.25, 0.3) is 5.91 Å². The molecule has 1 aliphatic rings. The van der Waals surface area contributed by atoms with E-state index in [4.69, 9.17) is 13.6 Å². The van der Waals surface area contributed by atoms with Crippen molar-refractivity contribution in [3.8, 4) is 28.4 Å². The van der Waals surface area contributed by atoms with Crippen LogP contribution in [0.2, 0.25) is 0 Å². The Bertz CT molecular complexity index is 1250. The summed E-state index contributed by atoms with van der Waals surface area (Å²) in [6.45, 7) is -1.99. The van der Waals surface area contributed by atoms with Crippen molar-refractivity contribution in [2.45, 2.75) is 32.4 Å². The highest BCUT2D eigenvalue weighted by molar-refractivity contribution is 5.94. The molecule has 2 amide bonds. The number of rotatable bonds is 6. The minimum Gasteiger partial charge on any atom is -0.492 e. The topological polar surface area (TPSA) is 103 Å². The molecule has 0 unspecified atom stereocenters. The summed E-state index contributed by atoms with van der Waals surface area (Å²) in [5, 5.41) is 5.14. The van der Waals surface area contributed by atoms with Gasteiger partial charge in [-0.25, -0.2) is 0 Å². The molecule has 33 heavy (non-hydrogen) atoms. The van der Waals surface area contributed by atoms with E-state index in [1.54, 1.807) is 0 Å². The zero-order valence-electron chi connectivity index (χ0n) is 21.1. The number of carbonyl (C=O) groups excluding carboxylic acids is 2. The lowest BCUT2D eigenvalue weighted by molar-refractivity contribution is -0.119. The molecule has 0 saturated heterocycles. The molecule has 0 saturated carbocycles. The van der Waals surface area contributed by atoms with E-state index in [1.165, 1.54) is 45.3 Å². The molecular weight excluding hydrogens is 438 g/mol. The number of amides is 2. The Morgan fingerprint density at radius 1 is 1.21 bits per heavy atom. The summed E-state index contributed by atoms with van der Waals surface area (Å²) in [5.41, 5.74) is 0.498. The predicted octanol–water partition coefficient (Wildman–Crippen LogP) is 2.82. The third kappa shape index (κ3) is 4.74. The van der Waals surface area contributed by atoms with Crippen LogP contribution < -0.4 is 30.3 Å². The van der Waals surface area contributed by atoms with Crippen molar-refractivity contribution in [3.05, 3.63) is 51.2 Å². The first kappa shape index (κ1) is 20.0. The largest absolute Gasteiger partial charge is 0.492 e. The molecule has 3 rings (SSSR count). The molecule has 0 radical (unpaired) electrons. The molecule has 176 valence electrons. The summed E-state index contributed by atoms with van der Waals surface area (Å²) >= 11 is 0. The number of hydrogen-bond acceptors (Lipinski definition) is 6. The van der Waals surface area contributed by atoms with Gasteiger partial charge in [-0.15, -0.1) is 0 Å². The second-order valence-corrected chi connectivity index (χ2v) is 7.25. The third-order valence-corrected chi connectivity index (χ3v) is 5.28. The van der Waals surface area contributed by atoms with E-state index in [2.05, 4.69) is 15.4 Å². The van der Waals surface area contributed by atoms with E-state index in [0.717, 1.165) is 0 Å². The molecular formula is C23H24F2N2O6. The lowest BCUT2D eigenvalue weighted by Crippen LogP contribution is -2.27. The number of benzene rings is 1. The number of nitrogens with one attached hydrogen (secondary N) is 2. The number of alkyl halides is 2. The summed E-state index contributed by atoms with van der Waals surface area (Å²) in [5.74, 6) is -2.37. The van der Waals surface area contributed by atoms with Crippen molar-refractivity contribution < 1.29 is 36.7 Å². The quantitative estimate of drug-likeness (QED) is 0.680. The molecule has 8 nitrogen and oxygen atoms in total. The van der Waals surface area contributed by atoms with Crippen LogP contribution in [0.3, 0.4) is 0 Å². The van der Waals surface area contributed by atoms with Crippen LogP contribution in [0.25, 0.3) is 11.1 Å². The number of fused-ring (bicyclic) bond motifs is 3. The highest BCUT2D eigenvalue weighted by atomic mass is 19.3. The molecule has 2 N–H and O–H groups in total. The Morgan fingerprint density at radius 2 is 1.97 bits per heavy atom. The van der Waals surface area contributed by atoms with Gasteiger partial charge in [-0.1, -0.05) is 6.07 Å². The van der Waals surface area contributed by atoms with E-state index >= 15 is 0 Å². The molecule has 10 heteroatoms. The van der Waals surface area contributed by atoms with Crippen LogP contribution in [-0.4, -0.2) is 39.6 Å². The normalized spacial score (nSPS) is 16.2. The van der Waals surface area contributed by atoms with Crippen LogP contribution in [0.1, 0.15) is 45.0 Å².